The fraction of sp³-hybridized carbons (Fsp3) is 0.333. The van der Waals surface area contributed by atoms with Crippen LogP contribution in [0.2, 0.25) is 0 Å². The van der Waals surface area contributed by atoms with Crippen LogP contribution in [-0.4, -0.2) is 18.5 Å². The molecule has 3 rings (SSSR count). The van der Waals surface area contributed by atoms with E-state index in [4.69, 9.17) is 23.2 Å². The normalized spacial score (nSPS) is 20.4. The Balaban J connectivity index is 1.99. The van der Waals surface area contributed by atoms with Crippen molar-refractivity contribution in [2.24, 2.45) is 9.69 Å². The fourth-order valence-electron chi connectivity index (χ4n) is 2.38. The van der Waals surface area contributed by atoms with Gasteiger partial charge in [0.1, 0.15) is 4.33 Å². The van der Waals surface area contributed by atoms with Crippen LogP contribution >= 0.6 is 23.2 Å². The van der Waals surface area contributed by atoms with Gasteiger partial charge in [0, 0.05) is 16.6 Å². The summed E-state index contributed by atoms with van der Waals surface area (Å²) in [6, 6.07) is 14.5. The number of rotatable bonds is 5. The molecule has 0 radical (unpaired) electrons. The van der Waals surface area contributed by atoms with E-state index < -0.39 is 25.0 Å². The molecule has 2 aromatic carbocycles. The maximum atomic E-state index is 12.7. The average Bonchev–Trinajstić information content (AvgIpc) is 3.14. The molecular weight excluding hydrogens is 397 g/mol. The predicted octanol–water partition coefficient (Wildman–Crippen LogP) is 5.05. The first-order valence-electron chi connectivity index (χ1n) is 7.87. The van der Waals surface area contributed by atoms with Crippen LogP contribution in [0.4, 0.5) is 0 Å². The number of alkyl halides is 2. The average molecular weight is 416 g/mol. The van der Waals surface area contributed by atoms with E-state index in [0.717, 1.165) is 16.0 Å². The molecule has 1 aliphatic carbocycles. The van der Waals surface area contributed by atoms with Gasteiger partial charge in [0.05, 0.1) is 4.90 Å². The van der Waals surface area contributed by atoms with Crippen molar-refractivity contribution in [3.8, 4) is 0 Å². The monoisotopic (exact) mass is 415 g/mol. The van der Waals surface area contributed by atoms with E-state index in [2.05, 4.69) is 3.77 Å². The van der Waals surface area contributed by atoms with Crippen molar-refractivity contribution in [2.75, 3.05) is 5.75 Å². The molecule has 0 bridgehead atoms. The summed E-state index contributed by atoms with van der Waals surface area (Å²) in [5.74, 6) is 0.610. The molecule has 0 aliphatic heterocycles. The lowest BCUT2D eigenvalue weighted by Gasteiger charge is -2.10. The zero-order valence-corrected chi connectivity index (χ0v) is 17.1. The van der Waals surface area contributed by atoms with Gasteiger partial charge in [0.2, 0.25) is 0 Å². The molecular formula is C18H19Cl2NO2S2. The van der Waals surface area contributed by atoms with Gasteiger partial charge in [-0.1, -0.05) is 46.1 Å². The molecule has 134 valence electrons. The molecule has 1 saturated carbocycles. The standard InChI is InChI=1S/C18H19Cl2NO2S2/c1-13-3-7-16(8-4-13)24(12-15-11-18(15,19)20)21-25(22,23)17-9-5-14(2)6-10-17/h3-10,15H,11-12H2,1-2H3/t15-,24+/m0/s1. The largest absolute Gasteiger partial charge is 0.288 e. The summed E-state index contributed by atoms with van der Waals surface area (Å²) in [7, 11) is -4.56. The van der Waals surface area contributed by atoms with Crippen LogP contribution in [0.1, 0.15) is 17.5 Å². The van der Waals surface area contributed by atoms with E-state index in [1.807, 2.05) is 38.1 Å². The second kappa shape index (κ2) is 7.03. The number of nitrogens with zero attached hydrogens (tertiary/aromatic N) is 1. The zero-order chi connectivity index (χ0) is 18.2. The number of benzene rings is 2. The first-order valence-corrected chi connectivity index (χ1v) is 11.4. The molecule has 2 atom stereocenters. The number of halogens is 2. The highest BCUT2D eigenvalue weighted by atomic mass is 35.5. The lowest BCUT2D eigenvalue weighted by atomic mass is 10.2. The molecule has 0 spiro atoms. The topological polar surface area (TPSA) is 46.5 Å². The van der Waals surface area contributed by atoms with Gasteiger partial charge in [-0.05, 0) is 44.5 Å². The predicted molar refractivity (Wildman–Crippen MR) is 105 cm³/mol. The summed E-state index contributed by atoms with van der Waals surface area (Å²) in [6.07, 6.45) is 0.672. The molecule has 0 unspecified atom stereocenters. The van der Waals surface area contributed by atoms with Crippen molar-refractivity contribution in [3.05, 3.63) is 59.7 Å². The third-order valence-electron chi connectivity index (χ3n) is 4.11. The number of aryl methyl sites for hydroxylation is 2. The Labute approximate surface area is 161 Å². The summed E-state index contributed by atoms with van der Waals surface area (Å²) < 4.78 is 28.9. The molecule has 2 aromatic rings. The van der Waals surface area contributed by atoms with E-state index in [9.17, 15) is 8.42 Å². The van der Waals surface area contributed by atoms with Crippen LogP contribution in [0.3, 0.4) is 0 Å². The Bertz CT molecular complexity index is 905. The molecule has 3 nitrogen and oxygen atoms in total. The van der Waals surface area contributed by atoms with Gasteiger partial charge in [-0.15, -0.1) is 27.0 Å². The van der Waals surface area contributed by atoms with Crippen LogP contribution in [-0.2, 0) is 20.7 Å². The zero-order valence-electron chi connectivity index (χ0n) is 13.9. The molecule has 0 heterocycles. The van der Waals surface area contributed by atoms with Gasteiger partial charge in [0.25, 0.3) is 10.0 Å². The van der Waals surface area contributed by atoms with Gasteiger partial charge in [-0.2, -0.15) is 8.42 Å². The Morgan fingerprint density at radius 3 is 2.00 bits per heavy atom. The minimum Gasteiger partial charge on any atom is -0.199 e. The van der Waals surface area contributed by atoms with Crippen LogP contribution in [0, 0.1) is 19.8 Å². The van der Waals surface area contributed by atoms with Crippen LogP contribution in [0.15, 0.2) is 62.1 Å². The van der Waals surface area contributed by atoms with E-state index in [-0.39, 0.29) is 10.8 Å². The molecule has 1 fully saturated rings. The summed E-state index contributed by atoms with van der Waals surface area (Å²) in [5, 5.41) is 0. The number of hydrogen-bond acceptors (Lipinski definition) is 2. The van der Waals surface area contributed by atoms with Gasteiger partial charge in [0.15, 0.2) is 0 Å². The van der Waals surface area contributed by atoms with Gasteiger partial charge < -0.3 is 0 Å². The number of hydrogen-bond donors (Lipinski definition) is 0. The van der Waals surface area contributed by atoms with E-state index in [0.29, 0.717) is 12.2 Å². The maximum Gasteiger partial charge on any atom is 0.288 e. The highest BCUT2D eigenvalue weighted by Gasteiger charge is 2.51. The second-order valence-electron chi connectivity index (χ2n) is 6.37. The van der Waals surface area contributed by atoms with Crippen molar-refractivity contribution in [1.82, 2.24) is 0 Å². The Kier molecular flexibility index (Phi) is 5.31. The van der Waals surface area contributed by atoms with Crippen LogP contribution in [0.5, 0.6) is 0 Å². The summed E-state index contributed by atoms with van der Waals surface area (Å²) in [5.41, 5.74) is 2.12. The molecule has 1 aliphatic rings. The summed E-state index contributed by atoms with van der Waals surface area (Å²) in [4.78, 5) is 1.10. The minimum absolute atomic E-state index is 0.0671. The smallest absolute Gasteiger partial charge is 0.199 e. The molecule has 0 N–H and O–H groups in total. The van der Waals surface area contributed by atoms with E-state index in [1.54, 1.807) is 24.3 Å². The van der Waals surface area contributed by atoms with Crippen molar-refractivity contribution in [2.45, 2.75) is 34.4 Å². The second-order valence-corrected chi connectivity index (χ2v) is 11.5. The number of sulfonamides is 1. The first kappa shape index (κ1) is 18.9. The Hall–Kier alpha value is -0.880. The quantitative estimate of drug-likeness (QED) is 0.641. The van der Waals surface area contributed by atoms with Gasteiger partial charge >= 0.3 is 0 Å². The van der Waals surface area contributed by atoms with E-state index in [1.165, 1.54) is 0 Å². The third-order valence-corrected chi connectivity index (χ3v) is 8.95. The lowest BCUT2D eigenvalue weighted by Crippen LogP contribution is -2.08. The van der Waals surface area contributed by atoms with Crippen molar-refractivity contribution in [1.29, 1.82) is 0 Å². The lowest BCUT2D eigenvalue weighted by molar-refractivity contribution is 0.598. The van der Waals surface area contributed by atoms with Gasteiger partial charge in [-0.3, -0.25) is 0 Å². The van der Waals surface area contributed by atoms with Crippen molar-refractivity contribution >= 4 is 43.9 Å². The fourth-order valence-corrected chi connectivity index (χ4v) is 6.87. The summed E-state index contributed by atoms with van der Waals surface area (Å²) >= 11 is 12.3. The van der Waals surface area contributed by atoms with Crippen LogP contribution < -0.4 is 0 Å². The Morgan fingerprint density at radius 2 is 1.52 bits per heavy atom. The SMILES string of the molecule is Cc1ccc([S@@](C[C@@H]2CC2(Cl)Cl)=NS(=O)(=O)c2ccc(C)cc2)cc1. The van der Waals surface area contributed by atoms with E-state index >= 15 is 0 Å². The third kappa shape index (κ3) is 4.64. The molecule has 25 heavy (non-hydrogen) atoms. The van der Waals surface area contributed by atoms with Crippen molar-refractivity contribution < 1.29 is 8.42 Å². The summed E-state index contributed by atoms with van der Waals surface area (Å²) in [6.45, 7) is 3.91. The van der Waals surface area contributed by atoms with Crippen molar-refractivity contribution in [3.63, 3.8) is 0 Å². The highest BCUT2D eigenvalue weighted by Crippen LogP contribution is 2.53. The first-order chi connectivity index (χ1) is 11.7. The maximum absolute atomic E-state index is 12.7. The van der Waals surface area contributed by atoms with Crippen LogP contribution in [0.25, 0.3) is 0 Å². The molecule has 0 saturated heterocycles. The minimum atomic E-state index is -3.74. The Morgan fingerprint density at radius 1 is 1.04 bits per heavy atom. The molecule has 0 aromatic heterocycles. The highest BCUT2D eigenvalue weighted by molar-refractivity contribution is 8.00. The van der Waals surface area contributed by atoms with Gasteiger partial charge in [-0.25, -0.2) is 0 Å². The molecule has 7 heteroatoms. The molecule has 0 amide bonds.